The number of allylic oxidation sites excluding steroid dienone is 2. The number of rotatable bonds is 6. The number of furan rings is 1. The van der Waals surface area contributed by atoms with Gasteiger partial charge in [0.1, 0.15) is 35.2 Å². The van der Waals surface area contributed by atoms with E-state index in [0.717, 1.165) is 31.6 Å². The third-order valence-electron chi connectivity index (χ3n) is 13.3. The first-order valence-electron chi connectivity index (χ1n) is 19.8. The third kappa shape index (κ3) is 5.12. The number of oxazole rings is 1. The maximum absolute atomic E-state index is 15.1. The summed E-state index contributed by atoms with van der Waals surface area (Å²) in [5, 5.41) is 16.5. The predicted octanol–water partition coefficient (Wildman–Crippen LogP) is 8.59. The van der Waals surface area contributed by atoms with Crippen molar-refractivity contribution in [1.82, 2.24) is 14.8 Å². The Kier molecular flexibility index (Phi) is 8.10. The van der Waals surface area contributed by atoms with Crippen molar-refractivity contribution in [3.05, 3.63) is 119 Å². The molecule has 2 aliphatic carbocycles. The van der Waals surface area contributed by atoms with E-state index in [2.05, 4.69) is 4.98 Å². The number of hydrogen-bond acceptors (Lipinski definition) is 10. The number of carbonyl (C=O) groups excluding carboxylic acids is 4. The molecular formula is C46H36ClN5O7S. The van der Waals surface area contributed by atoms with E-state index < -0.39 is 46.8 Å². The molecule has 11 rings (SSSR count). The van der Waals surface area contributed by atoms with Crippen molar-refractivity contribution in [2.45, 2.75) is 39.2 Å². The highest BCUT2D eigenvalue weighted by molar-refractivity contribution is 7.22. The molecular weight excluding hydrogens is 802 g/mol. The summed E-state index contributed by atoms with van der Waals surface area (Å²) in [6, 6.07) is 25.4. The molecule has 4 aromatic heterocycles. The van der Waals surface area contributed by atoms with E-state index in [1.54, 1.807) is 72.5 Å². The Morgan fingerprint density at radius 2 is 1.72 bits per heavy atom. The number of carbonyl (C=O) groups is 4. The molecule has 7 aromatic rings. The first kappa shape index (κ1) is 36.9. The molecule has 60 heavy (non-hydrogen) atoms. The van der Waals surface area contributed by atoms with E-state index >= 15 is 4.79 Å². The van der Waals surface area contributed by atoms with Gasteiger partial charge >= 0.3 is 0 Å². The van der Waals surface area contributed by atoms with Crippen LogP contribution in [0.15, 0.2) is 105 Å². The summed E-state index contributed by atoms with van der Waals surface area (Å²) in [6.07, 6.45) is 2.43. The number of nitrogens with zero attached hydrogens (tertiary/aromatic N) is 5. The fourth-order valence-corrected chi connectivity index (χ4v) is 11.7. The van der Waals surface area contributed by atoms with Crippen molar-refractivity contribution >= 4 is 79.3 Å². The van der Waals surface area contributed by atoms with E-state index in [1.165, 1.54) is 9.80 Å². The summed E-state index contributed by atoms with van der Waals surface area (Å²) in [6.45, 7) is 3.45. The van der Waals surface area contributed by atoms with Crippen molar-refractivity contribution in [2.24, 2.45) is 36.1 Å². The highest BCUT2D eigenvalue weighted by Gasteiger charge is 2.68. The highest BCUT2D eigenvalue weighted by Crippen LogP contribution is 2.64. The van der Waals surface area contributed by atoms with Crippen molar-refractivity contribution in [3.8, 4) is 22.0 Å². The van der Waals surface area contributed by atoms with E-state index in [0.29, 0.717) is 50.8 Å². The number of aryl methyl sites for hydroxylation is 2. The topological polar surface area (TPSA) is 152 Å². The molecule has 14 heteroatoms. The van der Waals surface area contributed by atoms with Crippen LogP contribution in [0.25, 0.3) is 43.2 Å². The lowest BCUT2D eigenvalue weighted by Crippen LogP contribution is -2.48. The van der Waals surface area contributed by atoms with Crippen LogP contribution >= 0.6 is 22.9 Å². The summed E-state index contributed by atoms with van der Waals surface area (Å²) in [4.78, 5) is 66.9. The minimum Gasteiger partial charge on any atom is -0.463 e. The number of thiophene rings is 1. The number of imide groups is 2. The average Bonchev–Trinajstić information content (AvgIpc) is 4.10. The summed E-state index contributed by atoms with van der Waals surface area (Å²) >= 11 is 7.89. The minimum absolute atomic E-state index is 0.180. The lowest BCUT2D eigenvalue weighted by Gasteiger charge is -2.48. The molecule has 6 atom stereocenters. The Morgan fingerprint density at radius 1 is 0.917 bits per heavy atom. The van der Waals surface area contributed by atoms with Gasteiger partial charge < -0.3 is 13.9 Å². The maximum atomic E-state index is 15.1. The second-order valence-corrected chi connectivity index (χ2v) is 17.9. The molecule has 0 radical (unpaired) electrons. The van der Waals surface area contributed by atoms with Crippen LogP contribution in [0, 0.1) is 36.0 Å². The van der Waals surface area contributed by atoms with Gasteiger partial charge in [-0.15, -0.1) is 11.3 Å². The number of para-hydroxylation sites is 2. The molecule has 0 bridgehead atoms. The summed E-state index contributed by atoms with van der Waals surface area (Å²) in [7, 11) is 1.71. The normalized spacial score (nSPS) is 25.1. The highest BCUT2D eigenvalue weighted by atomic mass is 35.5. The van der Waals surface area contributed by atoms with Crippen molar-refractivity contribution < 1.29 is 33.1 Å². The molecule has 6 heterocycles. The number of aromatic nitrogens is 3. The first-order valence-corrected chi connectivity index (χ1v) is 21.0. The van der Waals surface area contributed by atoms with Gasteiger partial charge in [0, 0.05) is 28.4 Å². The van der Waals surface area contributed by atoms with Crippen LogP contribution in [-0.2, 0) is 32.8 Å². The van der Waals surface area contributed by atoms with Gasteiger partial charge in [0.25, 0.3) is 0 Å². The SMILES string of the molecule is Cc1c(-c2cc(N3C(=O)C4CC5C(=CCC6C(=O)N(c7ccc(-c8nc9ccccc9o8)cc7)C(=O)C65)C(c5ccc(CO)o5)C4(C)C3=O)n(C)n2)sc2ccc(Cl)cc12. The molecule has 3 fully saturated rings. The summed E-state index contributed by atoms with van der Waals surface area (Å²) in [5.41, 5.74) is 3.59. The third-order valence-corrected chi connectivity index (χ3v) is 14.8. The van der Waals surface area contributed by atoms with Gasteiger partial charge in [-0.1, -0.05) is 35.4 Å². The number of halogens is 1. The minimum atomic E-state index is -1.32. The Balaban J connectivity index is 0.955. The van der Waals surface area contributed by atoms with Crippen LogP contribution in [0.4, 0.5) is 11.5 Å². The zero-order valence-electron chi connectivity index (χ0n) is 32.6. The Hall–Kier alpha value is -6.15. The van der Waals surface area contributed by atoms with E-state index in [9.17, 15) is 19.5 Å². The van der Waals surface area contributed by atoms with Gasteiger partial charge in [-0.3, -0.25) is 28.8 Å². The second-order valence-electron chi connectivity index (χ2n) is 16.4. The van der Waals surface area contributed by atoms with Gasteiger partial charge in [0.05, 0.1) is 39.7 Å². The molecule has 12 nitrogen and oxygen atoms in total. The van der Waals surface area contributed by atoms with Crippen molar-refractivity contribution in [1.29, 1.82) is 0 Å². The number of amides is 4. The predicted molar refractivity (Wildman–Crippen MR) is 225 cm³/mol. The number of aliphatic hydroxyl groups excluding tert-OH is 1. The van der Waals surface area contributed by atoms with Crippen LogP contribution < -0.4 is 9.80 Å². The van der Waals surface area contributed by atoms with Crippen LogP contribution in [0.5, 0.6) is 0 Å². The van der Waals surface area contributed by atoms with Crippen LogP contribution in [0.2, 0.25) is 5.02 Å². The van der Waals surface area contributed by atoms with Crippen molar-refractivity contribution in [3.63, 3.8) is 0 Å². The monoisotopic (exact) mass is 837 g/mol. The molecule has 6 unspecified atom stereocenters. The van der Waals surface area contributed by atoms with Crippen molar-refractivity contribution in [2.75, 3.05) is 9.80 Å². The van der Waals surface area contributed by atoms with Gasteiger partial charge in [-0.2, -0.15) is 5.10 Å². The molecule has 1 N–H and O–H groups in total. The van der Waals surface area contributed by atoms with Gasteiger partial charge in [-0.05, 0) is 110 Å². The standard InChI is InChI=1S/C46H36ClN5O7S/c1-22-29-18-24(47)10-17-36(29)60-40(22)33-20-37(50(3)49-33)52-43(55)31-19-30-27(39(46(31,2)45(52)57)35-16-13-26(21-53)58-35)14-15-28-38(30)44(56)51(42(28)54)25-11-8-23(9-12-25)41-48-32-6-4-5-7-34(32)59-41/h4-14,16-18,20,28,30-31,38-39,53H,15,19,21H2,1-3H3. The number of benzene rings is 3. The van der Waals surface area contributed by atoms with Gasteiger partial charge in [0.15, 0.2) is 5.58 Å². The second kappa shape index (κ2) is 13.2. The van der Waals surface area contributed by atoms with E-state index in [4.69, 9.17) is 25.5 Å². The molecule has 300 valence electrons. The summed E-state index contributed by atoms with van der Waals surface area (Å²) in [5.74, 6) is -3.56. The zero-order chi connectivity index (χ0) is 41.4. The lowest BCUT2D eigenvalue weighted by molar-refractivity contribution is -0.131. The molecule has 0 spiro atoms. The number of hydrogen-bond donors (Lipinski definition) is 1. The summed E-state index contributed by atoms with van der Waals surface area (Å²) < 4.78 is 14.7. The lowest BCUT2D eigenvalue weighted by atomic mass is 9.52. The number of anilines is 2. The molecule has 4 aliphatic rings. The van der Waals surface area contributed by atoms with Crippen LogP contribution in [0.3, 0.4) is 0 Å². The molecule has 2 saturated heterocycles. The number of fused-ring (bicyclic) bond motifs is 6. The largest absolute Gasteiger partial charge is 0.463 e. The zero-order valence-corrected chi connectivity index (χ0v) is 34.2. The molecule has 2 aliphatic heterocycles. The van der Waals surface area contributed by atoms with Gasteiger partial charge in [0.2, 0.25) is 29.5 Å². The first-order chi connectivity index (χ1) is 29.0. The average molecular weight is 838 g/mol. The fourth-order valence-electron chi connectivity index (χ4n) is 10.4. The van der Waals surface area contributed by atoms with Crippen LogP contribution in [0.1, 0.15) is 42.8 Å². The molecule has 1 saturated carbocycles. The Bertz CT molecular complexity index is 3000. The number of aliphatic hydroxyl groups is 1. The van der Waals surface area contributed by atoms with E-state index in [1.807, 2.05) is 55.5 Å². The molecule has 4 amide bonds. The van der Waals surface area contributed by atoms with Crippen LogP contribution in [-0.4, -0.2) is 43.5 Å². The molecule has 3 aromatic carbocycles. The van der Waals surface area contributed by atoms with Gasteiger partial charge in [-0.25, -0.2) is 9.88 Å². The fraction of sp³-hybridized carbons (Fsp3) is 0.261. The smallest absolute Gasteiger partial charge is 0.242 e. The van der Waals surface area contributed by atoms with E-state index in [-0.39, 0.29) is 31.3 Å². The Labute approximate surface area is 351 Å². The quantitative estimate of drug-likeness (QED) is 0.128. The Morgan fingerprint density at radius 3 is 2.48 bits per heavy atom. The maximum Gasteiger partial charge on any atom is 0.242 e.